The fraction of sp³-hybridized carbons (Fsp3) is 0.800. The highest BCUT2D eigenvalue weighted by molar-refractivity contribution is 5.73. The molecular formula is C10H18O4. The second-order valence-corrected chi connectivity index (χ2v) is 3.57. The first-order valence-corrected chi connectivity index (χ1v) is 4.76. The van der Waals surface area contributed by atoms with E-state index in [4.69, 9.17) is 0 Å². The third kappa shape index (κ3) is 1.72. The van der Waals surface area contributed by atoms with Gasteiger partial charge in [0.15, 0.2) is 0 Å². The van der Waals surface area contributed by atoms with E-state index in [-0.39, 0.29) is 0 Å². The van der Waals surface area contributed by atoms with Crippen molar-refractivity contribution >= 4 is 12.6 Å². The van der Waals surface area contributed by atoms with Crippen molar-refractivity contribution < 1.29 is 19.8 Å². The Morgan fingerprint density at radius 1 is 0.929 bits per heavy atom. The molecule has 0 aromatic carbocycles. The number of aliphatic hydroxyl groups is 2. The van der Waals surface area contributed by atoms with Crippen molar-refractivity contribution in [1.29, 1.82) is 0 Å². The van der Waals surface area contributed by atoms with Gasteiger partial charge in [-0.25, -0.2) is 0 Å². The van der Waals surface area contributed by atoms with Gasteiger partial charge >= 0.3 is 0 Å². The highest BCUT2D eigenvalue weighted by Gasteiger charge is 2.48. The van der Waals surface area contributed by atoms with E-state index in [0.29, 0.717) is 25.4 Å². The normalized spacial score (nSPS) is 19.4. The molecule has 82 valence electrons. The Morgan fingerprint density at radius 2 is 1.21 bits per heavy atom. The molecule has 0 aliphatic rings. The molecule has 0 aromatic heterocycles. The molecule has 0 saturated heterocycles. The Bertz CT molecular complexity index is 170. The first kappa shape index (κ1) is 13.3. The fourth-order valence-corrected chi connectivity index (χ4v) is 1.72. The van der Waals surface area contributed by atoms with Crippen LogP contribution in [0.25, 0.3) is 0 Å². The summed E-state index contributed by atoms with van der Waals surface area (Å²) in [5, 5.41) is 18.4. The molecule has 0 amide bonds. The molecule has 14 heavy (non-hydrogen) atoms. The van der Waals surface area contributed by atoms with Crippen LogP contribution in [0.15, 0.2) is 0 Å². The molecule has 0 bridgehead atoms. The molecular weight excluding hydrogens is 184 g/mol. The molecule has 2 atom stereocenters. The predicted molar refractivity (Wildman–Crippen MR) is 51.7 cm³/mol. The van der Waals surface area contributed by atoms with Gasteiger partial charge in [0.2, 0.25) is 0 Å². The van der Waals surface area contributed by atoms with E-state index in [2.05, 4.69) is 0 Å². The molecule has 0 spiro atoms. The monoisotopic (exact) mass is 202 g/mol. The van der Waals surface area contributed by atoms with Crippen LogP contribution in [0.1, 0.15) is 26.7 Å². The van der Waals surface area contributed by atoms with Crippen molar-refractivity contribution in [3.63, 3.8) is 0 Å². The number of aliphatic hydroxyl groups excluding tert-OH is 2. The van der Waals surface area contributed by atoms with Gasteiger partial charge in [0, 0.05) is 0 Å². The predicted octanol–water partition coefficient (Wildman–Crippen LogP) is 0.162. The zero-order chi connectivity index (χ0) is 11.2. The van der Waals surface area contributed by atoms with Crippen LogP contribution in [0.3, 0.4) is 0 Å². The second kappa shape index (κ2) is 5.22. The molecule has 0 fully saturated rings. The topological polar surface area (TPSA) is 74.6 Å². The standard InChI is InChI=1S/C10H18O4/c1-3-9(5-11,6-12)10(4-2,7-13)8-14/h5,7,12,14H,3-4,6,8H2,1-2H3. The Kier molecular flexibility index (Phi) is 4.94. The molecule has 2 unspecified atom stereocenters. The molecule has 0 rings (SSSR count). The molecule has 4 nitrogen and oxygen atoms in total. The second-order valence-electron chi connectivity index (χ2n) is 3.57. The summed E-state index contributed by atoms with van der Waals surface area (Å²) in [7, 11) is 0. The lowest BCUT2D eigenvalue weighted by molar-refractivity contribution is -0.144. The van der Waals surface area contributed by atoms with Crippen LogP contribution in [-0.2, 0) is 9.59 Å². The van der Waals surface area contributed by atoms with E-state index in [9.17, 15) is 19.8 Å². The Labute approximate surface area is 83.9 Å². The summed E-state index contributed by atoms with van der Waals surface area (Å²) in [6.45, 7) is 2.60. The van der Waals surface area contributed by atoms with Crippen LogP contribution >= 0.6 is 0 Å². The van der Waals surface area contributed by atoms with Crippen molar-refractivity contribution in [2.24, 2.45) is 10.8 Å². The number of carbonyl (C=O) groups is 2. The molecule has 0 aromatic rings. The Balaban J connectivity index is 5.29. The molecule has 4 heteroatoms. The number of carbonyl (C=O) groups excluding carboxylic acids is 2. The summed E-state index contributed by atoms with van der Waals surface area (Å²) in [5.74, 6) is 0. The lowest BCUT2D eigenvalue weighted by Crippen LogP contribution is -2.49. The van der Waals surface area contributed by atoms with Crippen LogP contribution in [0.2, 0.25) is 0 Å². The van der Waals surface area contributed by atoms with Crippen molar-refractivity contribution in [3.8, 4) is 0 Å². The average Bonchev–Trinajstić information content (AvgIpc) is 2.27. The third-order valence-electron chi connectivity index (χ3n) is 3.27. The van der Waals surface area contributed by atoms with E-state index in [1.54, 1.807) is 13.8 Å². The van der Waals surface area contributed by atoms with Gasteiger partial charge in [-0.1, -0.05) is 13.8 Å². The van der Waals surface area contributed by atoms with Crippen LogP contribution in [0, 0.1) is 10.8 Å². The summed E-state index contributed by atoms with van der Waals surface area (Å²) in [6.07, 6.45) is 1.84. The molecule has 0 radical (unpaired) electrons. The summed E-state index contributed by atoms with van der Waals surface area (Å²) in [6, 6.07) is 0. The summed E-state index contributed by atoms with van der Waals surface area (Å²) in [4.78, 5) is 22.0. The zero-order valence-corrected chi connectivity index (χ0v) is 8.69. The molecule has 0 heterocycles. The van der Waals surface area contributed by atoms with Gasteiger partial charge in [0.05, 0.1) is 24.0 Å². The lowest BCUT2D eigenvalue weighted by Gasteiger charge is -2.40. The quantitative estimate of drug-likeness (QED) is 0.577. The van der Waals surface area contributed by atoms with Crippen LogP contribution in [0.4, 0.5) is 0 Å². The molecule has 2 N–H and O–H groups in total. The van der Waals surface area contributed by atoms with Gasteiger partial charge in [-0.3, -0.25) is 0 Å². The summed E-state index contributed by atoms with van der Waals surface area (Å²) >= 11 is 0. The maximum Gasteiger partial charge on any atom is 0.129 e. The maximum atomic E-state index is 11.0. The molecule has 0 aliphatic carbocycles. The maximum absolute atomic E-state index is 11.0. The average molecular weight is 202 g/mol. The summed E-state index contributed by atoms with van der Waals surface area (Å²) < 4.78 is 0. The zero-order valence-electron chi connectivity index (χ0n) is 8.69. The fourth-order valence-electron chi connectivity index (χ4n) is 1.72. The van der Waals surface area contributed by atoms with Crippen molar-refractivity contribution in [2.75, 3.05) is 13.2 Å². The van der Waals surface area contributed by atoms with Gasteiger partial charge in [0.25, 0.3) is 0 Å². The van der Waals surface area contributed by atoms with Crippen molar-refractivity contribution in [2.45, 2.75) is 26.7 Å². The van der Waals surface area contributed by atoms with Crippen molar-refractivity contribution in [3.05, 3.63) is 0 Å². The number of rotatable bonds is 7. The Morgan fingerprint density at radius 3 is 1.29 bits per heavy atom. The van der Waals surface area contributed by atoms with Crippen LogP contribution in [0.5, 0.6) is 0 Å². The summed E-state index contributed by atoms with van der Waals surface area (Å²) in [5.41, 5.74) is -2.31. The van der Waals surface area contributed by atoms with E-state index in [1.165, 1.54) is 0 Å². The third-order valence-corrected chi connectivity index (χ3v) is 3.27. The minimum absolute atomic E-state index is 0.333. The largest absolute Gasteiger partial charge is 0.395 e. The van der Waals surface area contributed by atoms with E-state index in [0.717, 1.165) is 0 Å². The number of aldehydes is 2. The first-order chi connectivity index (χ1) is 6.61. The highest BCUT2D eigenvalue weighted by Crippen LogP contribution is 2.41. The highest BCUT2D eigenvalue weighted by atomic mass is 16.3. The van der Waals surface area contributed by atoms with Crippen LogP contribution < -0.4 is 0 Å². The van der Waals surface area contributed by atoms with Gasteiger partial charge in [-0.2, -0.15) is 0 Å². The van der Waals surface area contributed by atoms with Gasteiger partial charge < -0.3 is 19.8 Å². The van der Waals surface area contributed by atoms with E-state index >= 15 is 0 Å². The van der Waals surface area contributed by atoms with E-state index in [1.807, 2.05) is 0 Å². The minimum atomic E-state index is -1.15. The van der Waals surface area contributed by atoms with Crippen LogP contribution in [-0.4, -0.2) is 36.0 Å². The van der Waals surface area contributed by atoms with Gasteiger partial charge in [-0.15, -0.1) is 0 Å². The van der Waals surface area contributed by atoms with Gasteiger partial charge in [-0.05, 0) is 12.8 Å². The smallest absolute Gasteiger partial charge is 0.129 e. The number of hydrogen-bond acceptors (Lipinski definition) is 4. The van der Waals surface area contributed by atoms with E-state index < -0.39 is 24.0 Å². The lowest BCUT2D eigenvalue weighted by atomic mass is 9.62. The first-order valence-electron chi connectivity index (χ1n) is 4.76. The minimum Gasteiger partial charge on any atom is -0.395 e. The van der Waals surface area contributed by atoms with Crippen molar-refractivity contribution in [1.82, 2.24) is 0 Å². The number of hydrogen-bond donors (Lipinski definition) is 2. The molecule has 0 saturated carbocycles. The SMILES string of the molecule is CCC(C=O)(CO)C(C=O)(CC)CO. The Hall–Kier alpha value is -0.740. The molecule has 0 aliphatic heterocycles. The van der Waals surface area contributed by atoms with Gasteiger partial charge in [0.1, 0.15) is 12.6 Å².